The molecule has 0 saturated heterocycles. The maximum Gasteiger partial charge on any atom is 0.0762 e. The van der Waals surface area contributed by atoms with E-state index in [2.05, 4.69) is 10.4 Å². The summed E-state index contributed by atoms with van der Waals surface area (Å²) < 4.78 is 1.77. The van der Waals surface area contributed by atoms with E-state index in [1.807, 2.05) is 33.2 Å². The molecule has 2 N–H and O–H groups in total. The van der Waals surface area contributed by atoms with Gasteiger partial charge in [0.25, 0.3) is 0 Å². The SMILES string of the molecule is CC(C)C(O)CNCc1ccn(C)n1. The largest absolute Gasteiger partial charge is 0.392 e. The second-order valence-electron chi connectivity index (χ2n) is 3.92. The van der Waals surface area contributed by atoms with Crippen molar-refractivity contribution < 1.29 is 5.11 Å². The molecule has 0 fully saturated rings. The molecule has 1 atom stereocenters. The smallest absolute Gasteiger partial charge is 0.0762 e. The zero-order valence-corrected chi connectivity index (χ0v) is 9.07. The highest BCUT2D eigenvalue weighted by Gasteiger charge is 2.08. The lowest BCUT2D eigenvalue weighted by Gasteiger charge is -2.14. The molecule has 0 radical (unpaired) electrons. The van der Waals surface area contributed by atoms with E-state index in [0.29, 0.717) is 19.0 Å². The first-order chi connectivity index (χ1) is 6.59. The van der Waals surface area contributed by atoms with Gasteiger partial charge in [0.2, 0.25) is 0 Å². The molecule has 0 bridgehead atoms. The predicted octanol–water partition coefficient (Wildman–Crippen LogP) is 0.527. The molecule has 0 aliphatic carbocycles. The summed E-state index contributed by atoms with van der Waals surface area (Å²) in [6.07, 6.45) is 1.63. The number of hydrogen-bond acceptors (Lipinski definition) is 3. The minimum atomic E-state index is -0.279. The Morgan fingerprint density at radius 1 is 1.57 bits per heavy atom. The van der Waals surface area contributed by atoms with Crippen LogP contribution in [0.1, 0.15) is 19.5 Å². The topological polar surface area (TPSA) is 50.1 Å². The molecule has 0 saturated carbocycles. The van der Waals surface area contributed by atoms with Gasteiger partial charge in [0.1, 0.15) is 0 Å². The molecule has 80 valence electrons. The number of aryl methyl sites for hydroxylation is 1. The fourth-order valence-corrected chi connectivity index (χ4v) is 1.14. The third-order valence-electron chi connectivity index (χ3n) is 2.20. The van der Waals surface area contributed by atoms with Gasteiger partial charge < -0.3 is 10.4 Å². The minimum Gasteiger partial charge on any atom is -0.392 e. The Hall–Kier alpha value is -0.870. The molecular formula is C10H19N3O. The van der Waals surface area contributed by atoms with Crippen LogP contribution < -0.4 is 5.32 Å². The molecule has 0 spiro atoms. The Morgan fingerprint density at radius 3 is 2.79 bits per heavy atom. The standard InChI is InChI=1S/C10H19N3O/c1-8(2)10(14)7-11-6-9-4-5-13(3)12-9/h4-5,8,10-11,14H,6-7H2,1-3H3. The Morgan fingerprint density at radius 2 is 2.29 bits per heavy atom. The summed E-state index contributed by atoms with van der Waals surface area (Å²) in [5.41, 5.74) is 1.00. The molecule has 1 heterocycles. The number of aromatic nitrogens is 2. The van der Waals surface area contributed by atoms with Crippen LogP contribution in [0.5, 0.6) is 0 Å². The zero-order chi connectivity index (χ0) is 10.6. The fourth-order valence-electron chi connectivity index (χ4n) is 1.14. The molecule has 4 nitrogen and oxygen atoms in total. The third kappa shape index (κ3) is 3.47. The highest BCUT2D eigenvalue weighted by atomic mass is 16.3. The molecule has 0 aliphatic heterocycles. The maximum atomic E-state index is 9.52. The highest BCUT2D eigenvalue weighted by Crippen LogP contribution is 1.99. The summed E-state index contributed by atoms with van der Waals surface area (Å²) in [6, 6.07) is 1.97. The second kappa shape index (κ2) is 5.12. The first-order valence-electron chi connectivity index (χ1n) is 4.97. The van der Waals surface area contributed by atoms with Gasteiger partial charge in [-0.1, -0.05) is 13.8 Å². The van der Waals surface area contributed by atoms with E-state index in [4.69, 9.17) is 0 Å². The van der Waals surface area contributed by atoms with Crippen LogP contribution in [0.4, 0.5) is 0 Å². The summed E-state index contributed by atoms with van der Waals surface area (Å²) in [5.74, 6) is 0.297. The van der Waals surface area contributed by atoms with E-state index in [1.165, 1.54) is 0 Å². The van der Waals surface area contributed by atoms with Gasteiger partial charge in [-0.15, -0.1) is 0 Å². The molecule has 14 heavy (non-hydrogen) atoms. The molecule has 1 unspecified atom stereocenters. The Balaban J connectivity index is 2.22. The third-order valence-corrected chi connectivity index (χ3v) is 2.20. The average molecular weight is 197 g/mol. The van der Waals surface area contributed by atoms with Crippen molar-refractivity contribution in [1.29, 1.82) is 0 Å². The van der Waals surface area contributed by atoms with Crippen LogP contribution in [0.15, 0.2) is 12.3 Å². The zero-order valence-electron chi connectivity index (χ0n) is 9.07. The van der Waals surface area contributed by atoms with E-state index in [-0.39, 0.29) is 6.10 Å². The first-order valence-corrected chi connectivity index (χ1v) is 4.97. The summed E-state index contributed by atoms with van der Waals surface area (Å²) in [7, 11) is 1.90. The molecule has 1 aromatic heterocycles. The first kappa shape index (κ1) is 11.2. The van der Waals surface area contributed by atoms with Crippen LogP contribution in [0, 0.1) is 5.92 Å². The normalized spacial score (nSPS) is 13.5. The monoisotopic (exact) mass is 197 g/mol. The van der Waals surface area contributed by atoms with Crippen molar-refractivity contribution in [3.8, 4) is 0 Å². The van der Waals surface area contributed by atoms with Gasteiger partial charge in [0.15, 0.2) is 0 Å². The summed E-state index contributed by atoms with van der Waals surface area (Å²) in [6.45, 7) is 5.35. The average Bonchev–Trinajstić information content (AvgIpc) is 2.51. The van der Waals surface area contributed by atoms with Gasteiger partial charge in [0, 0.05) is 26.3 Å². The van der Waals surface area contributed by atoms with Gasteiger partial charge in [-0.05, 0) is 12.0 Å². The second-order valence-corrected chi connectivity index (χ2v) is 3.92. The van der Waals surface area contributed by atoms with E-state index >= 15 is 0 Å². The van der Waals surface area contributed by atoms with Crippen molar-refractivity contribution in [3.05, 3.63) is 18.0 Å². The summed E-state index contributed by atoms with van der Waals surface area (Å²) in [4.78, 5) is 0. The van der Waals surface area contributed by atoms with Crippen LogP contribution in [0.25, 0.3) is 0 Å². The number of hydrogen-bond donors (Lipinski definition) is 2. The van der Waals surface area contributed by atoms with Crippen molar-refractivity contribution in [1.82, 2.24) is 15.1 Å². The van der Waals surface area contributed by atoms with E-state index in [9.17, 15) is 5.11 Å². The number of nitrogens with zero attached hydrogens (tertiary/aromatic N) is 2. The van der Waals surface area contributed by atoms with Crippen molar-refractivity contribution in [2.75, 3.05) is 6.54 Å². The molecule has 0 amide bonds. The quantitative estimate of drug-likeness (QED) is 0.724. The molecule has 0 aromatic carbocycles. The van der Waals surface area contributed by atoms with Crippen molar-refractivity contribution in [2.24, 2.45) is 13.0 Å². The van der Waals surface area contributed by atoms with Crippen LogP contribution >= 0.6 is 0 Å². The highest BCUT2D eigenvalue weighted by molar-refractivity contribution is 4.97. The summed E-state index contributed by atoms with van der Waals surface area (Å²) in [5, 5.41) is 16.9. The number of rotatable bonds is 5. The van der Waals surface area contributed by atoms with E-state index in [1.54, 1.807) is 4.68 Å². The van der Waals surface area contributed by atoms with E-state index < -0.39 is 0 Å². The van der Waals surface area contributed by atoms with Gasteiger partial charge in [-0.25, -0.2) is 0 Å². The van der Waals surface area contributed by atoms with E-state index in [0.717, 1.165) is 5.69 Å². The molecule has 4 heteroatoms. The number of aliphatic hydroxyl groups is 1. The molecule has 1 rings (SSSR count). The predicted molar refractivity (Wildman–Crippen MR) is 55.8 cm³/mol. The fraction of sp³-hybridized carbons (Fsp3) is 0.700. The van der Waals surface area contributed by atoms with Crippen LogP contribution in [0.2, 0.25) is 0 Å². The number of aliphatic hydroxyl groups excluding tert-OH is 1. The lowest BCUT2D eigenvalue weighted by Crippen LogP contribution is -2.30. The van der Waals surface area contributed by atoms with Gasteiger partial charge in [-0.3, -0.25) is 4.68 Å². The molecule has 0 aliphatic rings. The van der Waals surface area contributed by atoms with Crippen LogP contribution in [-0.4, -0.2) is 27.5 Å². The minimum absolute atomic E-state index is 0.279. The Labute approximate surface area is 84.9 Å². The van der Waals surface area contributed by atoms with Crippen molar-refractivity contribution >= 4 is 0 Å². The van der Waals surface area contributed by atoms with Crippen LogP contribution in [0.3, 0.4) is 0 Å². The van der Waals surface area contributed by atoms with Gasteiger partial charge in [-0.2, -0.15) is 5.10 Å². The Kier molecular flexibility index (Phi) is 4.10. The molecule has 1 aromatic rings. The molecular weight excluding hydrogens is 178 g/mol. The van der Waals surface area contributed by atoms with Gasteiger partial charge in [0.05, 0.1) is 11.8 Å². The lowest BCUT2D eigenvalue weighted by molar-refractivity contribution is 0.123. The van der Waals surface area contributed by atoms with Crippen LogP contribution in [-0.2, 0) is 13.6 Å². The van der Waals surface area contributed by atoms with Crippen molar-refractivity contribution in [3.63, 3.8) is 0 Å². The Bertz CT molecular complexity index is 270. The maximum absolute atomic E-state index is 9.52. The summed E-state index contributed by atoms with van der Waals surface area (Å²) >= 11 is 0. The number of nitrogens with one attached hydrogen (secondary N) is 1. The lowest BCUT2D eigenvalue weighted by atomic mass is 10.1. The van der Waals surface area contributed by atoms with Crippen molar-refractivity contribution in [2.45, 2.75) is 26.5 Å². The van der Waals surface area contributed by atoms with Gasteiger partial charge >= 0.3 is 0 Å².